The largest absolute Gasteiger partial charge is 0.387 e. The molecule has 4 unspecified atom stereocenters. The SMILES string of the molecule is O=C(CC1CCCCC1)NCC1OC(n2cnc3c(NCc4ccccc4)ncnc32)C(O)C1O. The summed E-state index contributed by atoms with van der Waals surface area (Å²) in [6.45, 7) is 0.704. The van der Waals surface area contributed by atoms with E-state index in [1.54, 1.807) is 4.57 Å². The molecule has 10 heteroatoms. The van der Waals surface area contributed by atoms with Gasteiger partial charge in [0, 0.05) is 19.5 Å². The fourth-order valence-corrected chi connectivity index (χ4v) is 5.02. The first-order valence-corrected chi connectivity index (χ1v) is 12.3. The van der Waals surface area contributed by atoms with Crippen LogP contribution >= 0.6 is 0 Å². The molecular formula is C25H32N6O4. The number of aromatic nitrogens is 4. The molecule has 2 aromatic heterocycles. The lowest BCUT2D eigenvalue weighted by atomic mass is 9.87. The predicted molar refractivity (Wildman–Crippen MR) is 129 cm³/mol. The highest BCUT2D eigenvalue weighted by atomic mass is 16.6. The van der Waals surface area contributed by atoms with E-state index >= 15 is 0 Å². The van der Waals surface area contributed by atoms with Crippen LogP contribution in [0.5, 0.6) is 0 Å². The molecule has 0 spiro atoms. The molecule has 0 radical (unpaired) electrons. The number of ether oxygens (including phenoxy) is 1. The number of hydrogen-bond donors (Lipinski definition) is 4. The van der Waals surface area contributed by atoms with Crippen molar-refractivity contribution in [1.29, 1.82) is 0 Å². The minimum Gasteiger partial charge on any atom is -0.387 e. The number of aliphatic hydroxyl groups excluding tert-OH is 2. The number of fused-ring (bicyclic) bond motifs is 1. The molecule has 186 valence electrons. The van der Waals surface area contributed by atoms with Crippen LogP contribution in [0.25, 0.3) is 11.2 Å². The maximum Gasteiger partial charge on any atom is 0.220 e. The van der Waals surface area contributed by atoms with Gasteiger partial charge in [-0.2, -0.15) is 0 Å². The topological polar surface area (TPSA) is 134 Å². The predicted octanol–water partition coefficient (Wildman–Crippen LogP) is 2.14. The van der Waals surface area contributed by atoms with E-state index in [1.165, 1.54) is 31.9 Å². The van der Waals surface area contributed by atoms with Crippen molar-refractivity contribution >= 4 is 22.9 Å². The van der Waals surface area contributed by atoms with E-state index in [1.807, 2.05) is 30.3 Å². The third-order valence-electron chi connectivity index (χ3n) is 6.97. The van der Waals surface area contributed by atoms with Gasteiger partial charge in [-0.15, -0.1) is 0 Å². The van der Waals surface area contributed by atoms with Crippen LogP contribution in [0, 0.1) is 5.92 Å². The van der Waals surface area contributed by atoms with Gasteiger partial charge in [0.2, 0.25) is 5.91 Å². The highest BCUT2D eigenvalue weighted by molar-refractivity contribution is 5.82. The first-order valence-electron chi connectivity index (χ1n) is 12.3. The lowest BCUT2D eigenvalue weighted by molar-refractivity contribution is -0.123. The van der Waals surface area contributed by atoms with E-state index in [2.05, 4.69) is 25.6 Å². The maximum atomic E-state index is 12.4. The summed E-state index contributed by atoms with van der Waals surface area (Å²) >= 11 is 0. The van der Waals surface area contributed by atoms with Crippen molar-refractivity contribution in [1.82, 2.24) is 24.8 Å². The molecule has 3 aromatic rings. The zero-order chi connectivity index (χ0) is 24.2. The summed E-state index contributed by atoms with van der Waals surface area (Å²) in [6.07, 6.45) is 5.29. The zero-order valence-electron chi connectivity index (χ0n) is 19.6. The molecule has 10 nitrogen and oxygen atoms in total. The van der Waals surface area contributed by atoms with E-state index in [-0.39, 0.29) is 12.5 Å². The van der Waals surface area contributed by atoms with Gasteiger partial charge in [-0.05, 0) is 24.3 Å². The summed E-state index contributed by atoms with van der Waals surface area (Å²) in [5.74, 6) is 0.955. The van der Waals surface area contributed by atoms with Gasteiger partial charge in [0.05, 0.1) is 6.33 Å². The van der Waals surface area contributed by atoms with E-state index in [0.717, 1.165) is 18.4 Å². The fraction of sp³-hybridized carbons (Fsp3) is 0.520. The molecule has 4 atom stereocenters. The van der Waals surface area contributed by atoms with Crippen LogP contribution in [0.4, 0.5) is 5.82 Å². The summed E-state index contributed by atoms with van der Waals surface area (Å²) in [6, 6.07) is 9.94. The van der Waals surface area contributed by atoms with Crippen molar-refractivity contribution < 1.29 is 19.7 Å². The van der Waals surface area contributed by atoms with Crippen molar-refractivity contribution in [2.45, 2.75) is 69.6 Å². The van der Waals surface area contributed by atoms with Crippen LogP contribution in [-0.4, -0.2) is 60.5 Å². The highest BCUT2D eigenvalue weighted by Gasteiger charge is 2.44. The third kappa shape index (κ3) is 5.29. The van der Waals surface area contributed by atoms with Crippen LogP contribution in [0.15, 0.2) is 43.0 Å². The number of rotatable bonds is 8. The summed E-state index contributed by atoms with van der Waals surface area (Å²) in [7, 11) is 0. The van der Waals surface area contributed by atoms with E-state index in [0.29, 0.717) is 35.9 Å². The fourth-order valence-electron chi connectivity index (χ4n) is 5.02. The van der Waals surface area contributed by atoms with E-state index in [4.69, 9.17) is 4.74 Å². The monoisotopic (exact) mass is 480 g/mol. The minimum atomic E-state index is -1.19. The minimum absolute atomic E-state index is 0.0411. The molecule has 1 aliphatic carbocycles. The standard InChI is InChI=1S/C25H32N6O4/c32-19(11-16-7-3-1-4-8-16)26-13-18-21(33)22(34)25(35-18)31-15-30-20-23(28-14-29-24(20)31)27-12-17-9-5-2-6-10-17/h2,5-6,9-10,14-16,18,21-22,25,33-34H,1,3-4,7-8,11-13H2,(H,26,32)(H,27,28,29). The highest BCUT2D eigenvalue weighted by Crippen LogP contribution is 2.32. The average Bonchev–Trinajstić information content (AvgIpc) is 3.44. The van der Waals surface area contributed by atoms with Crippen LogP contribution in [0.1, 0.15) is 50.3 Å². The van der Waals surface area contributed by atoms with Gasteiger partial charge in [0.15, 0.2) is 23.2 Å². The van der Waals surface area contributed by atoms with E-state index in [9.17, 15) is 15.0 Å². The van der Waals surface area contributed by atoms with Gasteiger partial charge >= 0.3 is 0 Å². The Morgan fingerprint density at radius 1 is 1.06 bits per heavy atom. The lowest BCUT2D eigenvalue weighted by Crippen LogP contribution is -2.40. The Hall–Kier alpha value is -3.08. The van der Waals surface area contributed by atoms with Crippen LogP contribution < -0.4 is 10.6 Å². The average molecular weight is 481 g/mol. The number of imidazole rings is 1. The number of nitrogens with zero attached hydrogens (tertiary/aromatic N) is 4. The number of aliphatic hydroxyl groups is 2. The van der Waals surface area contributed by atoms with Crippen LogP contribution in [-0.2, 0) is 16.1 Å². The van der Waals surface area contributed by atoms with Crippen LogP contribution in [0.3, 0.4) is 0 Å². The van der Waals surface area contributed by atoms with Crippen LogP contribution in [0.2, 0.25) is 0 Å². The first-order chi connectivity index (χ1) is 17.1. The summed E-state index contributed by atoms with van der Waals surface area (Å²) in [5, 5.41) is 27.5. The van der Waals surface area contributed by atoms with Crippen molar-refractivity contribution in [2.75, 3.05) is 11.9 Å². The van der Waals surface area contributed by atoms with Crippen molar-refractivity contribution in [2.24, 2.45) is 5.92 Å². The second-order valence-corrected chi connectivity index (χ2v) is 9.44. The lowest BCUT2D eigenvalue weighted by Gasteiger charge is -2.21. The Morgan fingerprint density at radius 3 is 2.66 bits per heavy atom. The molecule has 2 aliphatic rings. The summed E-state index contributed by atoms with van der Waals surface area (Å²) in [4.78, 5) is 25.5. The van der Waals surface area contributed by atoms with Gasteiger partial charge in [-0.1, -0.05) is 49.6 Å². The van der Waals surface area contributed by atoms with E-state index < -0.39 is 24.5 Å². The third-order valence-corrected chi connectivity index (χ3v) is 6.97. The Morgan fingerprint density at radius 2 is 1.86 bits per heavy atom. The molecule has 1 saturated heterocycles. The van der Waals surface area contributed by atoms with Crippen molar-refractivity contribution in [3.63, 3.8) is 0 Å². The second kappa shape index (κ2) is 10.7. The molecule has 1 saturated carbocycles. The number of nitrogens with one attached hydrogen (secondary N) is 2. The molecule has 1 amide bonds. The normalized spacial score (nSPS) is 25.1. The zero-order valence-corrected chi connectivity index (χ0v) is 19.6. The summed E-state index contributed by atoms with van der Waals surface area (Å²) in [5.41, 5.74) is 2.12. The Balaban J connectivity index is 1.23. The Labute approximate surface area is 203 Å². The molecule has 0 bridgehead atoms. The molecule has 3 heterocycles. The number of benzene rings is 1. The summed E-state index contributed by atoms with van der Waals surface area (Å²) < 4.78 is 7.58. The second-order valence-electron chi connectivity index (χ2n) is 9.44. The molecule has 1 aromatic carbocycles. The Kier molecular flexibility index (Phi) is 7.21. The van der Waals surface area contributed by atoms with Gasteiger partial charge in [-0.25, -0.2) is 15.0 Å². The maximum absolute atomic E-state index is 12.4. The van der Waals surface area contributed by atoms with Gasteiger partial charge < -0.3 is 25.6 Å². The molecule has 4 N–H and O–H groups in total. The smallest absolute Gasteiger partial charge is 0.220 e. The number of amides is 1. The van der Waals surface area contributed by atoms with Crippen molar-refractivity contribution in [3.8, 4) is 0 Å². The van der Waals surface area contributed by atoms with Crippen molar-refractivity contribution in [3.05, 3.63) is 48.5 Å². The van der Waals surface area contributed by atoms with Gasteiger partial charge in [0.1, 0.15) is 24.6 Å². The molecule has 35 heavy (non-hydrogen) atoms. The number of carbonyl (C=O) groups excluding carboxylic acids is 1. The molecular weight excluding hydrogens is 448 g/mol. The molecule has 2 fully saturated rings. The molecule has 1 aliphatic heterocycles. The molecule has 5 rings (SSSR count). The first kappa shape index (κ1) is 23.7. The number of anilines is 1. The Bertz CT molecular complexity index is 1130. The number of carbonyl (C=O) groups is 1. The quantitative estimate of drug-likeness (QED) is 0.385. The van der Waals surface area contributed by atoms with Gasteiger partial charge in [-0.3, -0.25) is 9.36 Å². The number of hydrogen-bond acceptors (Lipinski definition) is 8. The van der Waals surface area contributed by atoms with Gasteiger partial charge in [0.25, 0.3) is 0 Å².